The quantitative estimate of drug-likeness (QED) is 0.284. The van der Waals surface area contributed by atoms with E-state index in [-0.39, 0.29) is 17.0 Å². The molecule has 0 aromatic rings. The van der Waals surface area contributed by atoms with E-state index < -0.39 is 0 Å². The van der Waals surface area contributed by atoms with Gasteiger partial charge in [-0.2, -0.15) is 0 Å². The van der Waals surface area contributed by atoms with Crippen LogP contribution in [0.15, 0.2) is 35.3 Å². The van der Waals surface area contributed by atoms with Crippen molar-refractivity contribution in [3.8, 4) is 0 Å². The molecule has 0 heterocycles. The summed E-state index contributed by atoms with van der Waals surface area (Å²) in [4.78, 5) is 8.22. The Bertz CT molecular complexity index is 276. The smallest absolute Gasteiger partial charge is 0.154 e. The van der Waals surface area contributed by atoms with E-state index in [0.29, 0.717) is 23.4 Å². The fraction of sp³-hybridized carbons (Fsp3) is 0.500. The molecule has 4 N–H and O–H groups in total. The number of thioether (sulfide) groups is 2. The molecule has 0 aromatic heterocycles. The van der Waals surface area contributed by atoms with Crippen molar-refractivity contribution in [2.45, 2.75) is 12.8 Å². The first-order valence-corrected chi connectivity index (χ1v) is 7.75. The Balaban J connectivity index is 0. The number of aliphatic imine (C=N–C) groups is 2. The highest BCUT2D eigenvalue weighted by Gasteiger charge is 1.96. The van der Waals surface area contributed by atoms with Crippen LogP contribution in [0.2, 0.25) is 0 Å². The highest BCUT2D eigenvalue weighted by molar-refractivity contribution is 8.93. The molecule has 19 heavy (non-hydrogen) atoms. The van der Waals surface area contributed by atoms with Gasteiger partial charge in [-0.1, -0.05) is 35.7 Å². The molecule has 0 rings (SSSR count). The molecule has 0 aliphatic carbocycles. The molecule has 0 unspecified atom stereocenters. The van der Waals surface area contributed by atoms with Gasteiger partial charge in [0.25, 0.3) is 0 Å². The highest BCUT2D eigenvalue weighted by Crippen LogP contribution is 2.09. The molecule has 0 radical (unpaired) electrons. The molecular formula is C12H23BrN4S2. The van der Waals surface area contributed by atoms with Crippen LogP contribution in [-0.4, -0.2) is 34.9 Å². The predicted molar refractivity (Wildman–Crippen MR) is 97.8 cm³/mol. The van der Waals surface area contributed by atoms with Gasteiger partial charge in [0.1, 0.15) is 0 Å². The van der Waals surface area contributed by atoms with Crippen LogP contribution in [0.4, 0.5) is 0 Å². The molecule has 0 aliphatic rings. The van der Waals surface area contributed by atoms with Crippen molar-refractivity contribution < 1.29 is 0 Å². The van der Waals surface area contributed by atoms with Gasteiger partial charge in [-0.3, -0.25) is 9.98 Å². The second-order valence-corrected chi connectivity index (χ2v) is 5.57. The number of nitrogens with two attached hydrogens (primary N) is 2. The van der Waals surface area contributed by atoms with Crippen LogP contribution in [0.3, 0.4) is 0 Å². The molecule has 0 saturated heterocycles. The zero-order chi connectivity index (χ0) is 13.6. The fourth-order valence-electron chi connectivity index (χ4n) is 0.958. The van der Waals surface area contributed by atoms with Gasteiger partial charge in [-0.05, 0) is 12.8 Å². The first-order chi connectivity index (χ1) is 8.70. The molecule has 0 amide bonds. The van der Waals surface area contributed by atoms with Crippen LogP contribution in [0.25, 0.3) is 0 Å². The first-order valence-electron chi connectivity index (χ1n) is 5.78. The van der Waals surface area contributed by atoms with Crippen molar-refractivity contribution in [3.63, 3.8) is 0 Å². The lowest BCUT2D eigenvalue weighted by atomic mass is 10.4. The summed E-state index contributed by atoms with van der Waals surface area (Å²) < 4.78 is 0. The number of halogens is 1. The lowest BCUT2D eigenvalue weighted by molar-refractivity contribution is 0.910. The highest BCUT2D eigenvalue weighted by atomic mass is 79.9. The number of unbranched alkanes of at least 4 members (excludes halogenated alkanes) is 1. The van der Waals surface area contributed by atoms with Crippen LogP contribution in [0.5, 0.6) is 0 Å². The summed E-state index contributed by atoms with van der Waals surface area (Å²) in [5.41, 5.74) is 11.4. The normalized spacial score (nSPS) is 11.8. The van der Waals surface area contributed by atoms with Gasteiger partial charge in [-0.25, -0.2) is 0 Å². The summed E-state index contributed by atoms with van der Waals surface area (Å²) in [7, 11) is 0. The molecule has 7 heteroatoms. The third kappa shape index (κ3) is 15.5. The minimum atomic E-state index is 0. The summed E-state index contributed by atoms with van der Waals surface area (Å²) in [5.74, 6) is 1.97. The maximum absolute atomic E-state index is 5.69. The molecule has 0 saturated carbocycles. The Morgan fingerprint density at radius 3 is 1.58 bits per heavy atom. The Morgan fingerprint density at radius 2 is 1.26 bits per heavy atom. The third-order valence-electron chi connectivity index (χ3n) is 1.79. The fourth-order valence-corrected chi connectivity index (χ4v) is 2.40. The van der Waals surface area contributed by atoms with E-state index in [0.717, 1.165) is 24.3 Å². The van der Waals surface area contributed by atoms with Crippen LogP contribution in [0, 0.1) is 0 Å². The zero-order valence-electron chi connectivity index (χ0n) is 11.1. The Hall–Kier alpha value is -0.400. The molecule has 4 nitrogen and oxygen atoms in total. The third-order valence-corrected chi connectivity index (χ3v) is 3.63. The molecule has 110 valence electrons. The maximum atomic E-state index is 5.69. The molecular weight excluding hydrogens is 344 g/mol. The molecule has 0 fully saturated rings. The van der Waals surface area contributed by atoms with Crippen LogP contribution >= 0.6 is 40.5 Å². The monoisotopic (exact) mass is 366 g/mol. The van der Waals surface area contributed by atoms with E-state index in [4.69, 9.17) is 11.5 Å². The average molecular weight is 367 g/mol. The largest absolute Gasteiger partial charge is 0.379 e. The number of hydrogen-bond acceptors (Lipinski definition) is 4. The van der Waals surface area contributed by atoms with Gasteiger partial charge in [0, 0.05) is 11.5 Å². The van der Waals surface area contributed by atoms with Crippen molar-refractivity contribution in [1.29, 1.82) is 0 Å². The number of nitrogens with zero attached hydrogens (tertiary/aromatic N) is 2. The van der Waals surface area contributed by atoms with E-state index in [1.807, 2.05) is 0 Å². The average Bonchev–Trinajstić information content (AvgIpc) is 2.37. The van der Waals surface area contributed by atoms with Crippen LogP contribution in [-0.2, 0) is 0 Å². The SMILES string of the molecule is Br.C=CCN=C(N)SCCCCSC(N)=NCC=C. The van der Waals surface area contributed by atoms with Crippen molar-refractivity contribution in [1.82, 2.24) is 0 Å². The van der Waals surface area contributed by atoms with Gasteiger partial charge in [0.2, 0.25) is 0 Å². The summed E-state index contributed by atoms with van der Waals surface area (Å²) >= 11 is 3.17. The van der Waals surface area contributed by atoms with Crippen molar-refractivity contribution in [2.24, 2.45) is 21.5 Å². The van der Waals surface area contributed by atoms with E-state index in [1.165, 1.54) is 0 Å². The Kier molecular flexibility index (Phi) is 17.2. The van der Waals surface area contributed by atoms with Gasteiger partial charge in [-0.15, -0.1) is 30.1 Å². The summed E-state index contributed by atoms with van der Waals surface area (Å²) in [5, 5.41) is 1.27. The van der Waals surface area contributed by atoms with Gasteiger partial charge in [0.05, 0.1) is 13.1 Å². The number of amidine groups is 2. The maximum Gasteiger partial charge on any atom is 0.154 e. The Morgan fingerprint density at radius 1 is 0.895 bits per heavy atom. The van der Waals surface area contributed by atoms with Crippen LogP contribution < -0.4 is 11.5 Å². The lowest BCUT2D eigenvalue weighted by Gasteiger charge is -2.01. The molecule has 0 spiro atoms. The summed E-state index contributed by atoms with van der Waals surface area (Å²) in [6, 6.07) is 0. The minimum Gasteiger partial charge on any atom is -0.379 e. The van der Waals surface area contributed by atoms with E-state index in [9.17, 15) is 0 Å². The molecule has 0 aromatic carbocycles. The van der Waals surface area contributed by atoms with E-state index >= 15 is 0 Å². The topological polar surface area (TPSA) is 76.8 Å². The lowest BCUT2D eigenvalue weighted by Crippen LogP contribution is -2.09. The predicted octanol–water partition coefficient (Wildman–Crippen LogP) is 2.81. The molecule has 0 bridgehead atoms. The molecule has 0 atom stereocenters. The summed E-state index contributed by atoms with van der Waals surface area (Å²) in [6.07, 6.45) is 5.65. The Labute approximate surface area is 135 Å². The second kappa shape index (κ2) is 15.7. The van der Waals surface area contributed by atoms with Gasteiger partial charge in [0.15, 0.2) is 10.3 Å². The number of rotatable bonds is 9. The van der Waals surface area contributed by atoms with Crippen molar-refractivity contribution in [3.05, 3.63) is 25.3 Å². The van der Waals surface area contributed by atoms with Crippen molar-refractivity contribution in [2.75, 3.05) is 24.6 Å². The zero-order valence-corrected chi connectivity index (χ0v) is 14.4. The molecule has 0 aliphatic heterocycles. The minimum absolute atomic E-state index is 0. The standard InChI is InChI=1S/C12H22N4S2.BrH/c1-3-7-15-11(13)17-9-5-6-10-18-12(14)16-8-4-2;/h3-4H,1-2,5-10H2,(H2,13,15)(H2,14,16);1H. The summed E-state index contributed by atoms with van der Waals surface area (Å²) in [6.45, 7) is 8.35. The van der Waals surface area contributed by atoms with E-state index in [1.54, 1.807) is 35.7 Å². The van der Waals surface area contributed by atoms with Crippen LogP contribution in [0.1, 0.15) is 12.8 Å². The second-order valence-electron chi connectivity index (χ2n) is 3.34. The number of hydrogen-bond donors (Lipinski definition) is 2. The first kappa shape index (κ1) is 20.9. The van der Waals surface area contributed by atoms with Gasteiger partial charge < -0.3 is 11.5 Å². The van der Waals surface area contributed by atoms with E-state index in [2.05, 4.69) is 23.1 Å². The van der Waals surface area contributed by atoms with Gasteiger partial charge >= 0.3 is 0 Å². The van der Waals surface area contributed by atoms with Crippen molar-refractivity contribution >= 4 is 50.8 Å².